The number of rotatable bonds is 3. The Kier molecular flexibility index (Phi) is 4.80. The molecule has 0 unspecified atom stereocenters. The monoisotopic (exact) mass is 396 g/mol. The minimum Gasteiger partial charge on any atom is -0.456 e. The molecule has 2 aromatic heterocycles. The quantitative estimate of drug-likeness (QED) is 0.461. The van der Waals surface area contributed by atoms with Crippen LogP contribution < -0.4 is 0 Å². The van der Waals surface area contributed by atoms with Crippen LogP contribution in [0.3, 0.4) is 0 Å². The molecule has 2 aromatic carbocycles. The van der Waals surface area contributed by atoms with Gasteiger partial charge in [-0.3, -0.25) is 0 Å². The van der Waals surface area contributed by atoms with Crippen LogP contribution in [-0.2, 0) is 4.74 Å². The number of aromatic nitrogens is 3. The average molecular weight is 396 g/mol. The molecule has 0 saturated heterocycles. The fraction of sp³-hybridized carbons (Fsp3) is 0.167. The van der Waals surface area contributed by atoms with E-state index in [0.29, 0.717) is 28.0 Å². The number of carbonyl (C=O) groups is 1. The maximum atomic E-state index is 12.7. The third kappa shape index (κ3) is 3.78. The van der Waals surface area contributed by atoms with Crippen molar-refractivity contribution in [2.75, 3.05) is 0 Å². The molecule has 0 aliphatic heterocycles. The van der Waals surface area contributed by atoms with Gasteiger partial charge in [-0.05, 0) is 50.6 Å². The lowest BCUT2D eigenvalue weighted by molar-refractivity contribution is 0.00704. The second-order valence-corrected chi connectivity index (χ2v) is 7.90. The van der Waals surface area contributed by atoms with E-state index < -0.39 is 11.6 Å². The second kappa shape index (κ2) is 7.45. The highest BCUT2D eigenvalue weighted by molar-refractivity contribution is 5.97. The van der Waals surface area contributed by atoms with Gasteiger partial charge in [0.25, 0.3) is 0 Å². The third-order valence-corrected chi connectivity index (χ3v) is 4.51. The zero-order valence-electron chi connectivity index (χ0n) is 17.0. The van der Waals surface area contributed by atoms with E-state index in [0.717, 1.165) is 11.1 Å². The van der Waals surface area contributed by atoms with Gasteiger partial charge < -0.3 is 4.74 Å². The molecule has 0 atom stereocenters. The van der Waals surface area contributed by atoms with Gasteiger partial charge in [-0.25, -0.2) is 14.3 Å². The smallest absolute Gasteiger partial charge is 0.339 e. The van der Waals surface area contributed by atoms with Gasteiger partial charge in [0.05, 0.1) is 35.3 Å². The Labute approximate surface area is 174 Å². The minimum atomic E-state index is -0.589. The summed E-state index contributed by atoms with van der Waals surface area (Å²) in [5.41, 5.74) is 4.25. The Balaban J connectivity index is 1.77. The van der Waals surface area contributed by atoms with Gasteiger partial charge >= 0.3 is 5.97 Å². The summed E-state index contributed by atoms with van der Waals surface area (Å²) in [6.07, 6.45) is 3.42. The number of benzene rings is 2. The number of carbonyl (C=O) groups excluding carboxylic acids is 1. The Morgan fingerprint density at radius 3 is 2.60 bits per heavy atom. The van der Waals surface area contributed by atoms with Crippen LogP contribution in [0.25, 0.3) is 28.0 Å². The predicted octanol–water partition coefficient (Wildman–Crippen LogP) is 4.89. The predicted molar refractivity (Wildman–Crippen MR) is 114 cm³/mol. The lowest BCUT2D eigenvalue weighted by atomic mass is 10.0. The van der Waals surface area contributed by atoms with Crippen molar-refractivity contribution in [3.63, 3.8) is 0 Å². The highest BCUT2D eigenvalue weighted by Gasteiger charge is 2.22. The number of esters is 1. The number of nitrogens with zero attached hydrogens (tertiary/aromatic N) is 4. The number of imidazole rings is 1. The van der Waals surface area contributed by atoms with Crippen LogP contribution in [0.4, 0.5) is 0 Å². The summed E-state index contributed by atoms with van der Waals surface area (Å²) in [6.45, 7) is 5.52. The van der Waals surface area contributed by atoms with E-state index in [4.69, 9.17) is 10.00 Å². The summed E-state index contributed by atoms with van der Waals surface area (Å²) in [6, 6.07) is 18.7. The Hall–Kier alpha value is -3.98. The van der Waals surface area contributed by atoms with Crippen LogP contribution in [0, 0.1) is 11.3 Å². The lowest BCUT2D eigenvalue weighted by Crippen LogP contribution is -2.24. The summed E-state index contributed by atoms with van der Waals surface area (Å²) < 4.78 is 7.25. The van der Waals surface area contributed by atoms with E-state index in [2.05, 4.69) is 16.2 Å². The van der Waals surface area contributed by atoms with Gasteiger partial charge in [0.2, 0.25) is 0 Å². The summed E-state index contributed by atoms with van der Waals surface area (Å²) >= 11 is 0. The lowest BCUT2D eigenvalue weighted by Gasteiger charge is -2.20. The van der Waals surface area contributed by atoms with Crippen molar-refractivity contribution < 1.29 is 9.53 Å². The van der Waals surface area contributed by atoms with Crippen molar-refractivity contribution in [3.05, 3.63) is 78.1 Å². The van der Waals surface area contributed by atoms with Crippen LogP contribution in [0.2, 0.25) is 0 Å². The average Bonchev–Trinajstić information content (AvgIpc) is 3.15. The summed E-state index contributed by atoms with van der Waals surface area (Å²) in [5.74, 6) is -0.391. The Morgan fingerprint density at radius 2 is 1.83 bits per heavy atom. The molecule has 0 amide bonds. The van der Waals surface area contributed by atoms with Crippen molar-refractivity contribution in [2.24, 2.45) is 0 Å². The number of hydrogen-bond donors (Lipinski definition) is 0. The summed E-state index contributed by atoms with van der Waals surface area (Å²) in [5, 5.41) is 13.7. The van der Waals surface area contributed by atoms with Gasteiger partial charge in [-0.1, -0.05) is 30.3 Å². The first-order valence-corrected chi connectivity index (χ1v) is 9.53. The molecular weight excluding hydrogens is 376 g/mol. The van der Waals surface area contributed by atoms with E-state index in [9.17, 15) is 4.79 Å². The highest BCUT2D eigenvalue weighted by Crippen LogP contribution is 2.28. The first-order chi connectivity index (χ1) is 14.4. The fourth-order valence-corrected chi connectivity index (χ4v) is 3.20. The molecule has 148 valence electrons. The molecule has 6 heteroatoms. The largest absolute Gasteiger partial charge is 0.456 e. The van der Waals surface area contributed by atoms with Crippen LogP contribution >= 0.6 is 0 Å². The standard InChI is InChI=1S/C24H20N4O2/c1-24(2,3)30-23(29)20-10-5-4-9-19(20)21-15-26-22-12-18(14-27-28(21)22)17-8-6-7-16(11-17)13-25/h4-12,14-15H,1-3H3. The van der Waals surface area contributed by atoms with E-state index in [1.807, 2.05) is 57.2 Å². The molecule has 6 nitrogen and oxygen atoms in total. The summed E-state index contributed by atoms with van der Waals surface area (Å²) in [4.78, 5) is 17.2. The molecule has 0 radical (unpaired) electrons. The van der Waals surface area contributed by atoms with Crippen molar-refractivity contribution in [1.29, 1.82) is 5.26 Å². The molecule has 4 aromatic rings. The molecule has 0 saturated carbocycles. The normalized spacial score (nSPS) is 11.3. The van der Waals surface area contributed by atoms with Gasteiger partial charge in [-0.2, -0.15) is 10.4 Å². The van der Waals surface area contributed by atoms with E-state index >= 15 is 0 Å². The number of fused-ring (bicyclic) bond motifs is 1. The van der Waals surface area contributed by atoms with Gasteiger partial charge in [-0.15, -0.1) is 0 Å². The van der Waals surface area contributed by atoms with Gasteiger partial charge in [0.15, 0.2) is 5.65 Å². The van der Waals surface area contributed by atoms with Crippen LogP contribution in [0.5, 0.6) is 0 Å². The van der Waals surface area contributed by atoms with Crippen LogP contribution in [0.1, 0.15) is 36.7 Å². The molecule has 2 heterocycles. The van der Waals surface area contributed by atoms with Gasteiger partial charge in [0, 0.05) is 11.1 Å². The minimum absolute atomic E-state index is 0.391. The van der Waals surface area contributed by atoms with Crippen LogP contribution in [0.15, 0.2) is 67.0 Å². The van der Waals surface area contributed by atoms with Gasteiger partial charge in [0.1, 0.15) is 5.60 Å². The topological polar surface area (TPSA) is 80.3 Å². The molecule has 0 aliphatic rings. The van der Waals surface area contributed by atoms with E-state index in [1.54, 1.807) is 35.1 Å². The molecule has 0 bridgehead atoms. The highest BCUT2D eigenvalue weighted by atomic mass is 16.6. The molecule has 0 spiro atoms. The maximum absolute atomic E-state index is 12.7. The molecule has 0 N–H and O–H groups in total. The maximum Gasteiger partial charge on any atom is 0.339 e. The molecule has 0 aliphatic carbocycles. The van der Waals surface area contributed by atoms with E-state index in [1.165, 1.54) is 0 Å². The Bertz CT molecular complexity index is 1290. The first kappa shape index (κ1) is 19.3. The zero-order chi connectivity index (χ0) is 21.3. The summed E-state index contributed by atoms with van der Waals surface area (Å²) in [7, 11) is 0. The number of ether oxygens (including phenoxy) is 1. The van der Waals surface area contributed by atoms with Crippen molar-refractivity contribution in [2.45, 2.75) is 26.4 Å². The van der Waals surface area contributed by atoms with Crippen LogP contribution in [-0.4, -0.2) is 26.2 Å². The van der Waals surface area contributed by atoms with Crippen molar-refractivity contribution >= 4 is 11.6 Å². The molecule has 30 heavy (non-hydrogen) atoms. The number of hydrogen-bond acceptors (Lipinski definition) is 5. The van der Waals surface area contributed by atoms with E-state index in [-0.39, 0.29) is 0 Å². The second-order valence-electron chi connectivity index (χ2n) is 7.90. The molecule has 0 fully saturated rings. The van der Waals surface area contributed by atoms with Crippen molar-refractivity contribution in [1.82, 2.24) is 14.6 Å². The Morgan fingerprint density at radius 1 is 1.03 bits per heavy atom. The molecular formula is C24H20N4O2. The third-order valence-electron chi connectivity index (χ3n) is 4.51. The fourth-order valence-electron chi connectivity index (χ4n) is 3.20. The zero-order valence-corrected chi connectivity index (χ0v) is 17.0. The van der Waals surface area contributed by atoms with Crippen molar-refractivity contribution in [3.8, 4) is 28.5 Å². The number of nitriles is 1. The SMILES string of the molecule is CC(C)(C)OC(=O)c1ccccc1-c1cnc2cc(-c3cccc(C#N)c3)cnn12. The first-order valence-electron chi connectivity index (χ1n) is 9.53. The molecule has 4 rings (SSSR count).